The van der Waals surface area contributed by atoms with Crippen LogP contribution in [-0.2, 0) is 9.59 Å². The van der Waals surface area contributed by atoms with Crippen LogP contribution in [0.1, 0.15) is 6.92 Å². The number of aliphatic carboxylic acids is 1. The minimum Gasteiger partial charge on any atom is -0.481 e. The Hall–Kier alpha value is -1.79. The van der Waals surface area contributed by atoms with Gasteiger partial charge in [0.1, 0.15) is 0 Å². The quantitative estimate of drug-likeness (QED) is 0.706. The fraction of sp³-hybridized carbons (Fsp3) is 0.727. The van der Waals surface area contributed by atoms with Crippen molar-refractivity contribution in [3.63, 3.8) is 0 Å². The molecule has 1 heterocycles. The second-order valence-corrected chi connectivity index (χ2v) is 4.74. The molecule has 0 bridgehead atoms. The van der Waals surface area contributed by atoms with Crippen molar-refractivity contribution in [3.8, 4) is 0 Å². The van der Waals surface area contributed by atoms with Gasteiger partial charge >= 0.3 is 12.0 Å². The maximum atomic E-state index is 11.6. The van der Waals surface area contributed by atoms with Crippen molar-refractivity contribution in [3.05, 3.63) is 0 Å². The first-order valence-electron chi connectivity index (χ1n) is 5.78. The van der Waals surface area contributed by atoms with E-state index < -0.39 is 11.9 Å². The number of nitrogens with one attached hydrogen (secondary N) is 1. The third kappa shape index (κ3) is 3.35. The molecule has 0 aromatic carbocycles. The van der Waals surface area contributed by atoms with Gasteiger partial charge in [-0.05, 0) is 0 Å². The number of likely N-dealkylation sites (N-methyl/N-ethyl adjacent to an activating group) is 1. The molecule has 0 saturated carbocycles. The normalized spacial score (nSPS) is 16.7. The Kier molecular flexibility index (Phi) is 4.52. The van der Waals surface area contributed by atoms with Gasteiger partial charge in [0, 0.05) is 33.1 Å². The molecule has 18 heavy (non-hydrogen) atoms. The van der Waals surface area contributed by atoms with Crippen LogP contribution in [0, 0.1) is 11.8 Å². The maximum Gasteiger partial charge on any atom is 0.317 e. The highest BCUT2D eigenvalue weighted by Crippen LogP contribution is 2.23. The summed E-state index contributed by atoms with van der Waals surface area (Å²) in [6.07, 6.45) is 0. The van der Waals surface area contributed by atoms with Gasteiger partial charge in [-0.25, -0.2) is 4.79 Å². The summed E-state index contributed by atoms with van der Waals surface area (Å²) < 4.78 is 0. The highest BCUT2D eigenvalue weighted by atomic mass is 16.4. The van der Waals surface area contributed by atoms with E-state index in [9.17, 15) is 14.4 Å². The number of hydrogen-bond donors (Lipinski definition) is 2. The summed E-state index contributed by atoms with van der Waals surface area (Å²) in [6, 6.07) is -0.320. The Bertz CT molecular complexity index is 350. The summed E-state index contributed by atoms with van der Waals surface area (Å²) in [5.74, 6) is -1.47. The first kappa shape index (κ1) is 14.3. The van der Waals surface area contributed by atoms with Crippen molar-refractivity contribution in [2.75, 3.05) is 33.7 Å². The third-order valence-corrected chi connectivity index (χ3v) is 3.18. The molecule has 102 valence electrons. The van der Waals surface area contributed by atoms with E-state index in [0.717, 1.165) is 0 Å². The molecule has 1 saturated heterocycles. The Morgan fingerprint density at radius 2 is 1.94 bits per heavy atom. The number of urea groups is 1. The molecule has 1 atom stereocenters. The van der Waals surface area contributed by atoms with E-state index in [4.69, 9.17) is 5.11 Å². The Labute approximate surface area is 106 Å². The molecule has 0 aromatic heterocycles. The number of rotatable bonds is 4. The maximum absolute atomic E-state index is 11.6. The summed E-state index contributed by atoms with van der Waals surface area (Å²) in [7, 11) is 3.23. The van der Waals surface area contributed by atoms with E-state index in [1.54, 1.807) is 21.0 Å². The van der Waals surface area contributed by atoms with Crippen LogP contribution in [0.2, 0.25) is 0 Å². The molecule has 1 fully saturated rings. The summed E-state index contributed by atoms with van der Waals surface area (Å²) in [4.78, 5) is 36.5. The van der Waals surface area contributed by atoms with Gasteiger partial charge in [-0.1, -0.05) is 6.92 Å². The average molecular weight is 257 g/mol. The molecule has 2 N–H and O–H groups in total. The number of amides is 3. The largest absolute Gasteiger partial charge is 0.481 e. The van der Waals surface area contributed by atoms with Crippen molar-refractivity contribution in [1.82, 2.24) is 15.1 Å². The van der Waals surface area contributed by atoms with Gasteiger partial charge in [-0.15, -0.1) is 0 Å². The Balaban J connectivity index is 2.27. The molecular formula is C11H19N3O4. The zero-order chi connectivity index (χ0) is 13.9. The number of carbonyl (C=O) groups is 3. The second-order valence-electron chi connectivity index (χ2n) is 4.74. The third-order valence-electron chi connectivity index (χ3n) is 3.18. The molecule has 1 aliphatic heterocycles. The lowest BCUT2D eigenvalue weighted by Gasteiger charge is -2.41. The molecular weight excluding hydrogens is 238 g/mol. The molecule has 0 radical (unpaired) electrons. The van der Waals surface area contributed by atoms with Gasteiger partial charge in [0.25, 0.3) is 0 Å². The monoisotopic (exact) mass is 257 g/mol. The molecule has 0 aliphatic carbocycles. The van der Waals surface area contributed by atoms with Crippen LogP contribution in [0.5, 0.6) is 0 Å². The van der Waals surface area contributed by atoms with E-state index in [0.29, 0.717) is 13.1 Å². The van der Waals surface area contributed by atoms with Crippen LogP contribution >= 0.6 is 0 Å². The molecule has 0 aromatic rings. The van der Waals surface area contributed by atoms with E-state index >= 15 is 0 Å². The van der Waals surface area contributed by atoms with E-state index in [-0.39, 0.29) is 24.4 Å². The minimum absolute atomic E-state index is 0.00204. The molecule has 7 nitrogen and oxygen atoms in total. The fourth-order valence-electron chi connectivity index (χ4n) is 1.62. The Morgan fingerprint density at radius 3 is 2.39 bits per heavy atom. The van der Waals surface area contributed by atoms with Crippen LogP contribution in [0.25, 0.3) is 0 Å². The average Bonchev–Trinajstić information content (AvgIpc) is 2.23. The first-order chi connectivity index (χ1) is 8.32. The topological polar surface area (TPSA) is 90.0 Å². The number of carboxylic acid groups (broad SMARTS) is 1. The standard InChI is InChI=1S/C11H19N3O4/c1-7(10(16)17)8-5-14(6-8)11(18)12-4-9(15)13(2)3/h7-8H,4-6H2,1-3H3,(H,12,18)(H,16,17). The summed E-state index contributed by atoms with van der Waals surface area (Å²) in [5, 5.41) is 11.3. The van der Waals surface area contributed by atoms with E-state index in [1.807, 2.05) is 0 Å². The predicted molar refractivity (Wildman–Crippen MR) is 64.0 cm³/mol. The molecule has 3 amide bonds. The van der Waals surface area contributed by atoms with Gasteiger partial charge < -0.3 is 20.2 Å². The van der Waals surface area contributed by atoms with E-state index in [2.05, 4.69) is 5.32 Å². The number of likely N-dealkylation sites (tertiary alicyclic amines) is 1. The van der Waals surface area contributed by atoms with Crippen LogP contribution in [0.4, 0.5) is 4.79 Å². The zero-order valence-corrected chi connectivity index (χ0v) is 10.8. The number of hydrogen-bond acceptors (Lipinski definition) is 3. The first-order valence-corrected chi connectivity index (χ1v) is 5.78. The minimum atomic E-state index is -0.845. The summed E-state index contributed by atoms with van der Waals surface area (Å²) in [6.45, 7) is 2.45. The number of carboxylic acids is 1. The number of carbonyl (C=O) groups excluding carboxylic acids is 2. The van der Waals surface area contributed by atoms with Crippen molar-refractivity contribution in [2.24, 2.45) is 11.8 Å². The van der Waals surface area contributed by atoms with Crippen molar-refractivity contribution < 1.29 is 19.5 Å². The number of nitrogens with zero attached hydrogens (tertiary/aromatic N) is 2. The highest BCUT2D eigenvalue weighted by Gasteiger charge is 2.37. The van der Waals surface area contributed by atoms with Gasteiger partial charge in [0.2, 0.25) is 5.91 Å². The SMILES string of the molecule is CC(C(=O)O)C1CN(C(=O)NCC(=O)N(C)C)C1. The van der Waals surface area contributed by atoms with Crippen LogP contribution in [-0.4, -0.2) is 66.5 Å². The fourth-order valence-corrected chi connectivity index (χ4v) is 1.62. The van der Waals surface area contributed by atoms with Crippen molar-refractivity contribution in [2.45, 2.75) is 6.92 Å². The van der Waals surface area contributed by atoms with Gasteiger partial charge in [-0.2, -0.15) is 0 Å². The summed E-state index contributed by atoms with van der Waals surface area (Å²) in [5.41, 5.74) is 0. The molecule has 1 aliphatic rings. The Morgan fingerprint density at radius 1 is 1.39 bits per heavy atom. The van der Waals surface area contributed by atoms with Crippen molar-refractivity contribution >= 4 is 17.9 Å². The second kappa shape index (κ2) is 5.70. The highest BCUT2D eigenvalue weighted by molar-refractivity contribution is 5.84. The lowest BCUT2D eigenvalue weighted by atomic mass is 9.87. The molecule has 1 unspecified atom stereocenters. The lowest BCUT2D eigenvalue weighted by Crippen LogP contribution is -2.57. The predicted octanol–water partition coefficient (Wildman–Crippen LogP) is -0.563. The molecule has 1 rings (SSSR count). The van der Waals surface area contributed by atoms with Gasteiger partial charge in [-0.3, -0.25) is 9.59 Å². The summed E-state index contributed by atoms with van der Waals surface area (Å²) >= 11 is 0. The zero-order valence-electron chi connectivity index (χ0n) is 10.8. The smallest absolute Gasteiger partial charge is 0.317 e. The van der Waals surface area contributed by atoms with E-state index in [1.165, 1.54) is 9.80 Å². The van der Waals surface area contributed by atoms with Gasteiger partial charge in [0.05, 0.1) is 12.5 Å². The lowest BCUT2D eigenvalue weighted by molar-refractivity contribution is -0.144. The molecule has 7 heteroatoms. The van der Waals surface area contributed by atoms with Crippen LogP contribution in [0.3, 0.4) is 0 Å². The van der Waals surface area contributed by atoms with Gasteiger partial charge in [0.15, 0.2) is 0 Å². The molecule has 0 spiro atoms. The van der Waals surface area contributed by atoms with Crippen LogP contribution in [0.15, 0.2) is 0 Å². The van der Waals surface area contributed by atoms with Crippen LogP contribution < -0.4 is 5.32 Å². The van der Waals surface area contributed by atoms with Crippen molar-refractivity contribution in [1.29, 1.82) is 0 Å².